The van der Waals surface area contributed by atoms with Gasteiger partial charge in [0.15, 0.2) is 36.1 Å². The van der Waals surface area contributed by atoms with Crippen molar-refractivity contribution in [2.24, 2.45) is 56.1 Å². The summed E-state index contributed by atoms with van der Waals surface area (Å²) in [6, 6.07) is 11.9. The van der Waals surface area contributed by atoms with Crippen LogP contribution in [0, 0.1) is 0 Å². The van der Waals surface area contributed by atoms with Crippen molar-refractivity contribution >= 4 is 70.0 Å². The van der Waals surface area contributed by atoms with Crippen molar-refractivity contribution in [2.75, 3.05) is 11.9 Å². The van der Waals surface area contributed by atoms with E-state index in [1.807, 2.05) is 120 Å². The molecule has 218 valence electrons. The Balaban J connectivity index is 0.00000169. The first-order chi connectivity index (χ1) is 21.4. The third-order valence-electron chi connectivity index (χ3n) is 8.23. The molecule has 9 heterocycles. The summed E-state index contributed by atoms with van der Waals surface area (Å²) in [5, 5.41) is 0.859. The minimum absolute atomic E-state index is 0. The maximum absolute atomic E-state index is 5.05. The molecule has 0 radical (unpaired) electrons. The molecule has 0 saturated heterocycles. The van der Waals surface area contributed by atoms with Crippen LogP contribution in [0.1, 0.15) is 33.8 Å². The zero-order valence-corrected chi connectivity index (χ0v) is 27.2. The van der Waals surface area contributed by atoms with Crippen molar-refractivity contribution in [1.82, 2.24) is 4.98 Å². The molecule has 14 heteroatoms. The molecule has 9 rings (SSSR count). The predicted molar refractivity (Wildman–Crippen MR) is 170 cm³/mol. The molecule has 12 nitrogen and oxygen atoms in total. The molecule has 0 spiro atoms. The van der Waals surface area contributed by atoms with Gasteiger partial charge < -0.3 is 32.3 Å². The number of allylic oxidation sites excluding steroid dienone is 1. The number of aryl methyl sites for hydroxylation is 3. The minimum atomic E-state index is 0. The van der Waals surface area contributed by atoms with Gasteiger partial charge in [0.2, 0.25) is 17.4 Å². The molecule has 0 amide bonds. The number of rotatable bonds is 0. The van der Waals surface area contributed by atoms with E-state index in [4.69, 9.17) is 39.9 Å². The third-order valence-corrected chi connectivity index (χ3v) is 8.23. The number of anilines is 1. The Morgan fingerprint density at radius 1 is 0.609 bits per heavy atom. The maximum atomic E-state index is 5.05. The zero-order valence-electron chi connectivity index (χ0n) is 25.3. The number of fused-ring (bicyclic) bond motifs is 17. The van der Waals surface area contributed by atoms with Crippen LogP contribution in [0.15, 0.2) is 102 Å². The molecule has 0 saturated carbocycles. The number of hydrogen-bond acceptors (Lipinski definition) is 8. The molecule has 5 aliphatic rings. The van der Waals surface area contributed by atoms with Crippen LogP contribution in [0.5, 0.6) is 0 Å². The number of aromatic nitrogens is 4. The number of nitrogens with zero attached hydrogens (tertiary/aromatic N) is 12. The fourth-order valence-corrected chi connectivity index (χ4v) is 6.19. The molecule has 4 aromatic heterocycles. The van der Waals surface area contributed by atoms with Crippen LogP contribution in [-0.4, -0.2) is 59.4 Å². The molecule has 0 fully saturated rings. The Kier molecular flexibility index (Phi) is 6.86. The van der Waals surface area contributed by atoms with E-state index in [0.29, 0.717) is 46.3 Å². The average molecular weight is 639 g/mol. The molecule has 46 heavy (non-hydrogen) atoms. The van der Waals surface area contributed by atoms with E-state index in [1.165, 1.54) is 0 Å². The monoisotopic (exact) mass is 638 g/mol. The first-order valence-corrected chi connectivity index (χ1v) is 14.1. The molecule has 0 aromatic carbocycles. The second kappa shape index (κ2) is 10.7. The summed E-state index contributed by atoms with van der Waals surface area (Å²) in [7, 11) is 7.90. The van der Waals surface area contributed by atoms with Crippen LogP contribution in [0.3, 0.4) is 0 Å². The molecule has 5 aliphatic heterocycles. The summed E-state index contributed by atoms with van der Waals surface area (Å²) in [6.07, 6.45) is 11.9. The van der Waals surface area contributed by atoms with E-state index in [0.717, 1.165) is 44.7 Å². The van der Waals surface area contributed by atoms with Crippen molar-refractivity contribution in [3.8, 4) is 0 Å². The molecule has 0 unspecified atom stereocenters. The Morgan fingerprint density at radius 2 is 1.04 bits per heavy atom. The van der Waals surface area contributed by atoms with Gasteiger partial charge in [-0.05, 0) is 24.3 Å². The molecule has 8 bridgehead atoms. The summed E-state index contributed by atoms with van der Waals surface area (Å²) >= 11 is 0. The van der Waals surface area contributed by atoms with Gasteiger partial charge in [-0.2, -0.15) is 18.7 Å². The number of amidine groups is 6. The SMILES string of the molecule is CN1C=CC=c2c1c1[n-]c2=NC2=NC(=NC3=NC(=NC4=NC(=N1)c1c4ccc[n+]1C)c1ccc[n+](C)c13)c1c2ccc[n+]1C.[Al+3].[Cl-]. The molecule has 0 N–H and O–H groups in total. The molecule has 0 aliphatic carbocycles. The van der Waals surface area contributed by atoms with Gasteiger partial charge in [-0.3, -0.25) is 0 Å². The number of halogens is 1. The quantitative estimate of drug-likeness (QED) is 0.146. The van der Waals surface area contributed by atoms with E-state index in [2.05, 4.69) is 0 Å². The van der Waals surface area contributed by atoms with Gasteiger partial charge in [0, 0.05) is 48.0 Å². The summed E-state index contributed by atoms with van der Waals surface area (Å²) in [4.78, 5) is 42.0. The largest absolute Gasteiger partial charge is 3.00 e. The summed E-state index contributed by atoms with van der Waals surface area (Å²) in [5.41, 5.74) is 6.47. The third kappa shape index (κ3) is 4.20. The van der Waals surface area contributed by atoms with Gasteiger partial charge in [-0.1, -0.05) is 6.08 Å². The maximum Gasteiger partial charge on any atom is 3.00 e. The van der Waals surface area contributed by atoms with Crippen molar-refractivity contribution in [3.05, 3.63) is 112 Å². The van der Waals surface area contributed by atoms with Crippen molar-refractivity contribution in [1.29, 1.82) is 0 Å². The van der Waals surface area contributed by atoms with Crippen LogP contribution in [-0.2, 0) is 21.1 Å². The minimum Gasteiger partial charge on any atom is -1.00 e. The van der Waals surface area contributed by atoms with Crippen LogP contribution in [0.2, 0.25) is 0 Å². The number of pyridine rings is 3. The van der Waals surface area contributed by atoms with E-state index in [1.54, 1.807) is 0 Å². The second-order valence-corrected chi connectivity index (χ2v) is 11.0. The zero-order chi connectivity index (χ0) is 29.7. The van der Waals surface area contributed by atoms with Gasteiger partial charge in [0.05, 0.1) is 22.4 Å². The van der Waals surface area contributed by atoms with E-state index in [-0.39, 0.29) is 29.8 Å². The fourth-order valence-electron chi connectivity index (χ4n) is 6.19. The Hall–Kier alpha value is -5.22. The molecule has 0 atom stereocenters. The first-order valence-electron chi connectivity index (χ1n) is 14.1. The summed E-state index contributed by atoms with van der Waals surface area (Å²) in [5.74, 6) is 3.63. The van der Waals surface area contributed by atoms with Crippen LogP contribution < -0.4 is 46.7 Å². The fraction of sp³-hybridized carbons (Fsp3) is 0.125. The number of hydrogen-bond donors (Lipinski definition) is 0. The van der Waals surface area contributed by atoms with Gasteiger partial charge in [0.25, 0.3) is 11.4 Å². The van der Waals surface area contributed by atoms with Crippen molar-refractivity contribution in [2.45, 2.75) is 0 Å². The van der Waals surface area contributed by atoms with Gasteiger partial charge in [0.1, 0.15) is 27.0 Å². The normalized spacial score (nSPS) is 16.0. The predicted octanol–water partition coefficient (Wildman–Crippen LogP) is -3.63. The van der Waals surface area contributed by atoms with Crippen LogP contribution in [0.25, 0.3) is 6.08 Å². The summed E-state index contributed by atoms with van der Waals surface area (Å²) < 4.78 is 6.01. The topological polar surface area (TPSA) is 115 Å². The van der Waals surface area contributed by atoms with Gasteiger partial charge in [-0.15, -0.1) is 0 Å². The Bertz CT molecular complexity index is 2390. The number of aliphatic imine (C=N–C) groups is 6. The second-order valence-electron chi connectivity index (χ2n) is 11.0. The standard InChI is InChI=1S/C32H24N12.Al.ClH/c1-41-13-5-9-17-21(41)29-35-25(17)33-26-19-11-7-15-43(3)23(19)31(37-26)40-32-24-20(12-8-16-44(24)4)28(38-32)34-27-18-10-6-14-42(2)22(18)30(36-27)39-29;;/h5-16H,1-4H3;;1H/q+2;+3;/p-1. The van der Waals surface area contributed by atoms with Gasteiger partial charge in [-0.25, -0.2) is 20.0 Å². The van der Waals surface area contributed by atoms with E-state index in [9.17, 15) is 0 Å². The average Bonchev–Trinajstić information content (AvgIpc) is 3.74. The van der Waals surface area contributed by atoms with Crippen LogP contribution in [0.4, 0.5) is 11.5 Å². The Morgan fingerprint density at radius 3 is 1.59 bits per heavy atom. The smallest absolute Gasteiger partial charge is 1.00 e. The molecule has 4 aromatic rings. The molecular weight excluding hydrogens is 615 g/mol. The van der Waals surface area contributed by atoms with Crippen molar-refractivity contribution < 1.29 is 26.1 Å². The van der Waals surface area contributed by atoms with E-state index >= 15 is 0 Å². The van der Waals surface area contributed by atoms with E-state index < -0.39 is 0 Å². The molecular formula is C32H24AlClN12+4. The first kappa shape index (κ1) is 29.5. The van der Waals surface area contributed by atoms with Crippen LogP contribution >= 0.6 is 0 Å². The Labute approximate surface area is 279 Å². The summed E-state index contributed by atoms with van der Waals surface area (Å²) in [6.45, 7) is 0. The van der Waals surface area contributed by atoms with Crippen molar-refractivity contribution in [3.63, 3.8) is 0 Å². The van der Waals surface area contributed by atoms with Gasteiger partial charge >= 0.3 is 17.4 Å².